The Hall–Kier alpha value is -2.98. The van der Waals surface area contributed by atoms with Gasteiger partial charge in [-0.05, 0) is 56.2 Å². The number of halogens is 1. The summed E-state index contributed by atoms with van der Waals surface area (Å²) in [6, 6.07) is 11.2. The van der Waals surface area contributed by atoms with Crippen LogP contribution in [-0.2, 0) is 24.3 Å². The lowest BCUT2D eigenvalue weighted by Crippen LogP contribution is -2.43. The summed E-state index contributed by atoms with van der Waals surface area (Å²) in [5.41, 5.74) is 0.467. The predicted octanol–water partition coefficient (Wildman–Crippen LogP) is 2.81. The van der Waals surface area contributed by atoms with Crippen LogP contribution in [0.3, 0.4) is 0 Å². The third-order valence-corrected chi connectivity index (χ3v) is 6.85. The first-order valence-corrected chi connectivity index (χ1v) is 11.7. The van der Waals surface area contributed by atoms with Crippen molar-refractivity contribution in [2.45, 2.75) is 24.7 Å². The second-order valence-corrected chi connectivity index (χ2v) is 9.20. The highest BCUT2D eigenvalue weighted by Crippen LogP contribution is 2.25. The Labute approximate surface area is 186 Å². The minimum Gasteiger partial charge on any atom is -0.482 e. The summed E-state index contributed by atoms with van der Waals surface area (Å²) in [6.45, 7) is 2.04. The van der Waals surface area contributed by atoms with E-state index in [9.17, 15) is 22.4 Å². The Morgan fingerprint density at radius 1 is 1.19 bits per heavy atom. The number of nitrogens with one attached hydrogen (secondary N) is 1. The third-order valence-electron chi connectivity index (χ3n) is 4.97. The number of carbonyl (C=O) groups excluding carboxylic acids is 2. The SMILES string of the molecule is CCOC(=O)COc1cccc(NC(=O)C2CCCN(S(=O)(=O)c3ccc(F)cc3)C2)c1. The maximum absolute atomic E-state index is 13.1. The normalized spacial score (nSPS) is 16.9. The van der Waals surface area contributed by atoms with E-state index in [0.29, 0.717) is 30.8 Å². The number of esters is 1. The number of carbonyl (C=O) groups is 2. The molecular formula is C22H25FN2O6S. The van der Waals surface area contributed by atoms with Gasteiger partial charge in [0.25, 0.3) is 0 Å². The summed E-state index contributed by atoms with van der Waals surface area (Å²) in [6.07, 6.45) is 1.07. The van der Waals surface area contributed by atoms with Crippen LogP contribution in [0.5, 0.6) is 5.75 Å². The number of hydrogen-bond donors (Lipinski definition) is 1. The number of sulfonamides is 1. The quantitative estimate of drug-likeness (QED) is 0.603. The minimum absolute atomic E-state index is 0.00796. The zero-order chi connectivity index (χ0) is 23.1. The molecule has 0 aliphatic carbocycles. The maximum atomic E-state index is 13.1. The van der Waals surface area contributed by atoms with Crippen LogP contribution in [-0.4, -0.2) is 50.9 Å². The average Bonchev–Trinajstić information content (AvgIpc) is 2.78. The number of hydrogen-bond acceptors (Lipinski definition) is 6. The van der Waals surface area contributed by atoms with Gasteiger partial charge >= 0.3 is 5.97 Å². The molecule has 8 nitrogen and oxygen atoms in total. The standard InChI is InChI=1S/C22H25FN2O6S/c1-2-30-21(26)15-31-19-7-3-6-18(13-19)24-22(27)16-5-4-12-25(14-16)32(28,29)20-10-8-17(23)9-11-20/h3,6-11,13,16H,2,4-5,12,14-15H2,1H3,(H,24,27). The molecule has 0 bridgehead atoms. The van der Waals surface area contributed by atoms with Gasteiger partial charge in [-0.2, -0.15) is 4.31 Å². The lowest BCUT2D eigenvalue weighted by Gasteiger charge is -2.31. The van der Waals surface area contributed by atoms with Gasteiger partial charge in [0.1, 0.15) is 11.6 Å². The number of anilines is 1. The number of piperidine rings is 1. The van der Waals surface area contributed by atoms with Gasteiger partial charge in [0.15, 0.2) is 6.61 Å². The van der Waals surface area contributed by atoms with E-state index in [2.05, 4.69) is 5.32 Å². The molecule has 1 amide bonds. The Morgan fingerprint density at radius 3 is 2.66 bits per heavy atom. The van der Waals surface area contributed by atoms with Gasteiger partial charge < -0.3 is 14.8 Å². The van der Waals surface area contributed by atoms with Crippen LogP contribution in [0.4, 0.5) is 10.1 Å². The average molecular weight is 465 g/mol. The van der Waals surface area contributed by atoms with Crippen molar-refractivity contribution in [3.63, 3.8) is 0 Å². The van der Waals surface area contributed by atoms with Gasteiger partial charge in [-0.15, -0.1) is 0 Å². The molecule has 0 spiro atoms. The molecule has 2 aromatic rings. The summed E-state index contributed by atoms with van der Waals surface area (Å²) in [7, 11) is -3.82. The van der Waals surface area contributed by atoms with E-state index in [1.54, 1.807) is 31.2 Å². The van der Waals surface area contributed by atoms with Gasteiger partial charge in [0.2, 0.25) is 15.9 Å². The van der Waals surface area contributed by atoms with Crippen molar-refractivity contribution >= 4 is 27.6 Å². The van der Waals surface area contributed by atoms with Gasteiger partial charge in [0.05, 0.1) is 17.4 Å². The van der Waals surface area contributed by atoms with Crippen molar-refractivity contribution in [3.8, 4) is 5.75 Å². The van der Waals surface area contributed by atoms with E-state index >= 15 is 0 Å². The molecule has 1 fully saturated rings. The van der Waals surface area contributed by atoms with Crippen molar-refractivity contribution in [2.75, 3.05) is 31.6 Å². The molecule has 32 heavy (non-hydrogen) atoms. The smallest absolute Gasteiger partial charge is 0.344 e. The Kier molecular flexibility index (Phi) is 7.81. The maximum Gasteiger partial charge on any atom is 0.344 e. The van der Waals surface area contributed by atoms with E-state index in [4.69, 9.17) is 9.47 Å². The topological polar surface area (TPSA) is 102 Å². The Morgan fingerprint density at radius 2 is 1.94 bits per heavy atom. The minimum atomic E-state index is -3.82. The summed E-state index contributed by atoms with van der Waals surface area (Å²) >= 11 is 0. The highest BCUT2D eigenvalue weighted by Gasteiger charge is 2.33. The van der Waals surface area contributed by atoms with Crippen LogP contribution in [0, 0.1) is 11.7 Å². The molecule has 0 aromatic heterocycles. The summed E-state index contributed by atoms with van der Waals surface area (Å²) < 4.78 is 50.3. The largest absolute Gasteiger partial charge is 0.482 e. The van der Waals surface area contributed by atoms with Crippen LogP contribution >= 0.6 is 0 Å². The van der Waals surface area contributed by atoms with E-state index < -0.39 is 27.7 Å². The number of ether oxygens (including phenoxy) is 2. The lowest BCUT2D eigenvalue weighted by atomic mass is 9.98. The van der Waals surface area contributed by atoms with Crippen molar-refractivity contribution < 1.29 is 31.9 Å². The molecule has 10 heteroatoms. The van der Waals surface area contributed by atoms with Crippen molar-refractivity contribution in [1.29, 1.82) is 0 Å². The van der Waals surface area contributed by atoms with E-state index in [1.807, 2.05) is 0 Å². The number of nitrogens with zero attached hydrogens (tertiary/aromatic N) is 1. The van der Waals surface area contributed by atoms with Gasteiger partial charge in [-0.25, -0.2) is 17.6 Å². The number of amides is 1. The van der Waals surface area contributed by atoms with Gasteiger partial charge in [-0.1, -0.05) is 6.07 Å². The molecule has 0 radical (unpaired) electrons. The molecule has 172 valence electrons. The zero-order valence-corrected chi connectivity index (χ0v) is 18.4. The van der Waals surface area contributed by atoms with E-state index in [0.717, 1.165) is 12.1 Å². The lowest BCUT2D eigenvalue weighted by molar-refractivity contribution is -0.145. The second kappa shape index (κ2) is 10.6. The third kappa shape index (κ3) is 6.04. The fraction of sp³-hybridized carbons (Fsp3) is 0.364. The van der Waals surface area contributed by atoms with Crippen LogP contribution < -0.4 is 10.1 Å². The first kappa shape index (κ1) is 23.7. The fourth-order valence-electron chi connectivity index (χ4n) is 3.38. The zero-order valence-electron chi connectivity index (χ0n) is 17.6. The monoisotopic (exact) mass is 464 g/mol. The predicted molar refractivity (Wildman–Crippen MR) is 115 cm³/mol. The number of rotatable bonds is 8. The fourth-order valence-corrected chi connectivity index (χ4v) is 4.91. The van der Waals surface area contributed by atoms with E-state index in [-0.39, 0.29) is 30.6 Å². The highest BCUT2D eigenvalue weighted by molar-refractivity contribution is 7.89. The molecule has 1 heterocycles. The van der Waals surface area contributed by atoms with Crippen molar-refractivity contribution in [3.05, 3.63) is 54.3 Å². The first-order chi connectivity index (χ1) is 15.3. The Balaban J connectivity index is 1.62. The van der Waals surface area contributed by atoms with Gasteiger partial charge in [-0.3, -0.25) is 4.79 Å². The second-order valence-electron chi connectivity index (χ2n) is 7.27. The van der Waals surface area contributed by atoms with Crippen LogP contribution in [0.15, 0.2) is 53.4 Å². The first-order valence-electron chi connectivity index (χ1n) is 10.2. The highest BCUT2D eigenvalue weighted by atomic mass is 32.2. The molecule has 1 N–H and O–H groups in total. The van der Waals surface area contributed by atoms with Crippen molar-refractivity contribution in [1.82, 2.24) is 4.31 Å². The molecule has 1 aliphatic rings. The van der Waals surface area contributed by atoms with Crippen LogP contribution in [0.25, 0.3) is 0 Å². The molecule has 2 aromatic carbocycles. The molecule has 1 unspecified atom stereocenters. The summed E-state index contributed by atoms with van der Waals surface area (Å²) in [5.74, 6) is -1.48. The number of benzene rings is 2. The van der Waals surface area contributed by atoms with Gasteiger partial charge in [0, 0.05) is 24.8 Å². The summed E-state index contributed by atoms with van der Waals surface area (Å²) in [5, 5.41) is 2.78. The summed E-state index contributed by atoms with van der Waals surface area (Å²) in [4.78, 5) is 24.2. The molecule has 1 aliphatic heterocycles. The van der Waals surface area contributed by atoms with Crippen LogP contribution in [0.1, 0.15) is 19.8 Å². The molecular weight excluding hydrogens is 439 g/mol. The molecule has 3 rings (SSSR count). The van der Waals surface area contributed by atoms with Crippen LogP contribution in [0.2, 0.25) is 0 Å². The van der Waals surface area contributed by atoms with E-state index in [1.165, 1.54) is 16.4 Å². The Bertz CT molecular complexity index is 1060. The van der Waals surface area contributed by atoms with Crippen molar-refractivity contribution in [2.24, 2.45) is 5.92 Å². The molecule has 1 saturated heterocycles. The molecule has 1 atom stereocenters. The molecule has 0 saturated carbocycles.